The van der Waals surface area contributed by atoms with Crippen LogP contribution in [0.3, 0.4) is 0 Å². The quantitative estimate of drug-likeness (QED) is 0.853. The first-order valence-corrected chi connectivity index (χ1v) is 10.7. The van der Waals surface area contributed by atoms with Gasteiger partial charge in [0.15, 0.2) is 0 Å². The number of rotatable bonds is 3. The van der Waals surface area contributed by atoms with Gasteiger partial charge in [0, 0.05) is 43.5 Å². The minimum Gasteiger partial charge on any atom is -0.354 e. The molecule has 2 aromatic rings. The Morgan fingerprint density at radius 3 is 2.66 bits per heavy atom. The first-order chi connectivity index (χ1) is 14.1. The minimum absolute atomic E-state index is 0.0496. The molecular weight excluding hydrogens is 364 g/mol. The highest BCUT2D eigenvalue weighted by atomic mass is 16.2. The summed E-state index contributed by atoms with van der Waals surface area (Å²) < 4.78 is 0. The summed E-state index contributed by atoms with van der Waals surface area (Å²) in [5, 5.41) is 3.03. The molecule has 0 radical (unpaired) electrons. The standard InChI is InChI=1S/C22H30N6O/c1-16-13-19(14-24-21(16)28-10-4-3-5-17(28)2)26-22(29)27-11-7-18(8-12-27)20-6-9-23-15-25-20/h6,9,13-15,17-18H,3-5,7-8,10-12H2,1-2H3,(H,26,29). The lowest BCUT2D eigenvalue weighted by Crippen LogP contribution is -2.41. The number of piperidine rings is 2. The first-order valence-electron chi connectivity index (χ1n) is 10.7. The molecule has 154 valence electrons. The molecule has 4 heterocycles. The summed E-state index contributed by atoms with van der Waals surface area (Å²) in [6, 6.07) is 4.48. The van der Waals surface area contributed by atoms with Crippen molar-refractivity contribution in [2.24, 2.45) is 0 Å². The molecule has 29 heavy (non-hydrogen) atoms. The summed E-state index contributed by atoms with van der Waals surface area (Å²) in [7, 11) is 0. The lowest BCUT2D eigenvalue weighted by atomic mass is 9.93. The number of carbonyl (C=O) groups excluding carboxylic acids is 1. The number of aromatic nitrogens is 3. The molecule has 0 aromatic carbocycles. The van der Waals surface area contributed by atoms with Gasteiger partial charge in [-0.25, -0.2) is 19.7 Å². The molecule has 4 rings (SSSR count). The molecule has 2 fully saturated rings. The van der Waals surface area contributed by atoms with E-state index in [0.29, 0.717) is 12.0 Å². The highest BCUT2D eigenvalue weighted by molar-refractivity contribution is 5.89. The van der Waals surface area contributed by atoms with E-state index in [0.717, 1.165) is 55.2 Å². The van der Waals surface area contributed by atoms with Crippen LogP contribution in [0, 0.1) is 6.92 Å². The number of carbonyl (C=O) groups is 1. The van der Waals surface area contributed by atoms with E-state index in [-0.39, 0.29) is 6.03 Å². The zero-order valence-electron chi connectivity index (χ0n) is 17.3. The number of urea groups is 1. The predicted octanol–water partition coefficient (Wildman–Crippen LogP) is 3.97. The first kappa shape index (κ1) is 19.6. The number of likely N-dealkylation sites (tertiary alicyclic amines) is 1. The van der Waals surface area contributed by atoms with Gasteiger partial charge in [0.2, 0.25) is 0 Å². The molecule has 7 heteroatoms. The van der Waals surface area contributed by atoms with E-state index in [1.807, 2.05) is 17.0 Å². The van der Waals surface area contributed by atoms with Crippen molar-refractivity contribution in [2.75, 3.05) is 29.9 Å². The Morgan fingerprint density at radius 1 is 1.14 bits per heavy atom. The molecule has 2 aliphatic rings. The fraction of sp³-hybridized carbons (Fsp3) is 0.545. The molecule has 0 spiro atoms. The van der Waals surface area contributed by atoms with E-state index in [1.54, 1.807) is 18.7 Å². The summed E-state index contributed by atoms with van der Waals surface area (Å²) in [5.41, 5.74) is 2.94. The van der Waals surface area contributed by atoms with Crippen molar-refractivity contribution >= 4 is 17.5 Å². The summed E-state index contributed by atoms with van der Waals surface area (Å²) >= 11 is 0. The predicted molar refractivity (Wildman–Crippen MR) is 114 cm³/mol. The number of pyridine rings is 1. The smallest absolute Gasteiger partial charge is 0.321 e. The van der Waals surface area contributed by atoms with Crippen LogP contribution in [0.25, 0.3) is 0 Å². The summed E-state index contributed by atoms with van der Waals surface area (Å²) in [6.07, 6.45) is 10.7. The largest absolute Gasteiger partial charge is 0.354 e. The van der Waals surface area contributed by atoms with Crippen LogP contribution in [0.2, 0.25) is 0 Å². The van der Waals surface area contributed by atoms with Crippen molar-refractivity contribution in [3.05, 3.63) is 42.1 Å². The van der Waals surface area contributed by atoms with E-state index in [9.17, 15) is 4.79 Å². The van der Waals surface area contributed by atoms with E-state index in [4.69, 9.17) is 0 Å². The molecule has 7 nitrogen and oxygen atoms in total. The van der Waals surface area contributed by atoms with Gasteiger partial charge in [0.1, 0.15) is 12.1 Å². The van der Waals surface area contributed by atoms with Gasteiger partial charge >= 0.3 is 6.03 Å². The Morgan fingerprint density at radius 2 is 1.97 bits per heavy atom. The normalized spacial score (nSPS) is 20.6. The molecule has 1 unspecified atom stereocenters. The Balaban J connectivity index is 1.35. The fourth-order valence-corrected chi connectivity index (χ4v) is 4.47. The Hall–Kier alpha value is -2.70. The highest BCUT2D eigenvalue weighted by Crippen LogP contribution is 2.28. The fourth-order valence-electron chi connectivity index (χ4n) is 4.47. The highest BCUT2D eigenvalue weighted by Gasteiger charge is 2.25. The maximum atomic E-state index is 12.7. The summed E-state index contributed by atoms with van der Waals surface area (Å²) in [4.78, 5) is 30.0. The maximum Gasteiger partial charge on any atom is 0.321 e. The maximum absolute atomic E-state index is 12.7. The second-order valence-electron chi connectivity index (χ2n) is 8.23. The van der Waals surface area contributed by atoms with Crippen LogP contribution in [0.1, 0.15) is 56.2 Å². The lowest BCUT2D eigenvalue weighted by Gasteiger charge is -2.35. The molecular formula is C22H30N6O. The monoisotopic (exact) mass is 394 g/mol. The van der Waals surface area contributed by atoms with Gasteiger partial charge in [0.25, 0.3) is 0 Å². The van der Waals surface area contributed by atoms with Crippen LogP contribution in [0.5, 0.6) is 0 Å². The number of aryl methyl sites for hydroxylation is 1. The van der Waals surface area contributed by atoms with Crippen molar-refractivity contribution in [1.82, 2.24) is 19.9 Å². The van der Waals surface area contributed by atoms with Crippen LogP contribution in [-0.4, -0.2) is 51.6 Å². The number of nitrogens with zero attached hydrogens (tertiary/aromatic N) is 5. The molecule has 0 aliphatic carbocycles. The van der Waals surface area contributed by atoms with Crippen molar-refractivity contribution < 1.29 is 4.79 Å². The van der Waals surface area contributed by atoms with Crippen LogP contribution in [0.4, 0.5) is 16.3 Å². The summed E-state index contributed by atoms with van der Waals surface area (Å²) in [5.74, 6) is 1.44. The summed E-state index contributed by atoms with van der Waals surface area (Å²) in [6.45, 7) is 6.86. The second kappa shape index (κ2) is 8.76. The Labute approximate surface area is 172 Å². The third-order valence-corrected chi connectivity index (χ3v) is 6.18. The van der Waals surface area contributed by atoms with Gasteiger partial charge in [0.05, 0.1) is 11.9 Å². The van der Waals surface area contributed by atoms with Gasteiger partial charge in [-0.3, -0.25) is 0 Å². The second-order valence-corrected chi connectivity index (χ2v) is 8.23. The van der Waals surface area contributed by atoms with Crippen LogP contribution < -0.4 is 10.2 Å². The molecule has 2 aromatic heterocycles. The SMILES string of the molecule is Cc1cc(NC(=O)N2CCC(c3ccncn3)CC2)cnc1N1CCCCC1C. The molecule has 1 N–H and O–H groups in total. The van der Waals surface area contributed by atoms with E-state index < -0.39 is 0 Å². The zero-order valence-corrected chi connectivity index (χ0v) is 17.3. The molecule has 2 aliphatic heterocycles. The van der Waals surface area contributed by atoms with E-state index in [2.05, 4.69) is 39.0 Å². The number of hydrogen-bond donors (Lipinski definition) is 1. The van der Waals surface area contributed by atoms with Crippen LogP contribution in [-0.2, 0) is 0 Å². The molecule has 0 saturated carbocycles. The average molecular weight is 395 g/mol. The van der Waals surface area contributed by atoms with Crippen molar-refractivity contribution in [2.45, 2.75) is 57.9 Å². The zero-order chi connectivity index (χ0) is 20.2. The van der Waals surface area contributed by atoms with Crippen LogP contribution in [0.15, 0.2) is 30.9 Å². The van der Waals surface area contributed by atoms with E-state index in [1.165, 1.54) is 19.3 Å². The van der Waals surface area contributed by atoms with Crippen molar-refractivity contribution in [1.29, 1.82) is 0 Å². The Bertz CT molecular complexity index is 834. The van der Waals surface area contributed by atoms with Crippen molar-refractivity contribution in [3.63, 3.8) is 0 Å². The van der Waals surface area contributed by atoms with Crippen LogP contribution >= 0.6 is 0 Å². The van der Waals surface area contributed by atoms with Crippen molar-refractivity contribution in [3.8, 4) is 0 Å². The number of amides is 2. The molecule has 2 saturated heterocycles. The Kier molecular flexibility index (Phi) is 5.92. The van der Waals surface area contributed by atoms with Gasteiger partial charge < -0.3 is 15.1 Å². The lowest BCUT2D eigenvalue weighted by molar-refractivity contribution is 0.194. The molecule has 2 amide bonds. The molecule has 0 bridgehead atoms. The van der Waals surface area contributed by atoms with Gasteiger partial charge in [-0.05, 0) is 63.6 Å². The average Bonchev–Trinajstić information content (AvgIpc) is 2.75. The van der Waals surface area contributed by atoms with Gasteiger partial charge in [-0.1, -0.05) is 0 Å². The number of anilines is 2. The van der Waals surface area contributed by atoms with Gasteiger partial charge in [-0.2, -0.15) is 0 Å². The third kappa shape index (κ3) is 4.49. The third-order valence-electron chi connectivity index (χ3n) is 6.18. The minimum atomic E-state index is -0.0496. The van der Waals surface area contributed by atoms with E-state index >= 15 is 0 Å². The van der Waals surface area contributed by atoms with Gasteiger partial charge in [-0.15, -0.1) is 0 Å². The molecule has 1 atom stereocenters. The topological polar surface area (TPSA) is 74.2 Å². The number of hydrogen-bond acceptors (Lipinski definition) is 5. The number of nitrogens with one attached hydrogen (secondary N) is 1.